The molecule has 0 fully saturated rings. The number of nitrogens with zero attached hydrogens (tertiary/aromatic N) is 4. The van der Waals surface area contributed by atoms with Crippen LogP contribution in [0.4, 0.5) is 17.1 Å². The normalized spacial score (nSPS) is 9.84. The van der Waals surface area contributed by atoms with E-state index in [-0.39, 0.29) is 6.61 Å². The van der Waals surface area contributed by atoms with Gasteiger partial charge in [0.2, 0.25) is 0 Å². The highest BCUT2D eigenvalue weighted by molar-refractivity contribution is 7.09. The Balaban J connectivity index is 0.000000293. The fourth-order valence-corrected chi connectivity index (χ4v) is 2.41. The van der Waals surface area contributed by atoms with Crippen LogP contribution in [0.3, 0.4) is 0 Å². The maximum absolute atomic E-state index is 10.4. The van der Waals surface area contributed by atoms with E-state index in [0.29, 0.717) is 12.1 Å². The summed E-state index contributed by atoms with van der Waals surface area (Å²) in [5, 5.41) is 48.8. The number of aromatic hydroxyl groups is 1. The molecule has 134 valence electrons. The van der Waals surface area contributed by atoms with E-state index in [1.165, 1.54) is 4.88 Å². The SMILES string of the molecule is Cc1nc[35s]c1CCO.O=[N+]([O-])c1cc([N+](=O)[O-])c(O)c([N+](=O)[O-])c1. The highest BCUT2D eigenvalue weighted by Crippen LogP contribution is 2.38. The van der Waals surface area contributed by atoms with Gasteiger partial charge in [0.25, 0.3) is 11.4 Å². The molecule has 0 aliphatic rings. The summed E-state index contributed by atoms with van der Waals surface area (Å²) in [6.07, 6.45) is 0.747. The van der Waals surface area contributed by atoms with Gasteiger partial charge >= 0.3 is 11.4 Å². The molecule has 12 nitrogen and oxygen atoms in total. The van der Waals surface area contributed by atoms with Gasteiger partial charge in [0.1, 0.15) is 0 Å². The van der Waals surface area contributed by atoms with Gasteiger partial charge in [-0.2, -0.15) is 0 Å². The van der Waals surface area contributed by atoms with Crippen molar-refractivity contribution in [2.75, 3.05) is 6.61 Å². The molecule has 1 aromatic heterocycles. The van der Waals surface area contributed by atoms with E-state index in [2.05, 4.69) is 4.98 Å². The van der Waals surface area contributed by atoms with Crippen molar-refractivity contribution in [3.63, 3.8) is 0 Å². The molecule has 0 bridgehead atoms. The maximum atomic E-state index is 10.4. The molecule has 1 heterocycles. The van der Waals surface area contributed by atoms with Crippen molar-refractivity contribution >= 4 is 28.4 Å². The Morgan fingerprint density at radius 1 is 1.08 bits per heavy atom. The Bertz CT molecular complexity index is 771. The van der Waals surface area contributed by atoms with Crippen molar-refractivity contribution in [3.05, 3.63) is 58.6 Å². The minimum atomic E-state index is -1.21. The lowest BCUT2D eigenvalue weighted by Gasteiger charge is -1.97. The quantitative estimate of drug-likeness (QED) is 0.583. The molecule has 1 aromatic carbocycles. The van der Waals surface area contributed by atoms with Crippen molar-refractivity contribution in [3.8, 4) is 5.75 Å². The number of aliphatic hydroxyl groups is 1. The summed E-state index contributed by atoms with van der Waals surface area (Å²) in [5.41, 5.74) is -0.146. The zero-order chi connectivity index (χ0) is 19.1. The first-order valence-corrected chi connectivity index (χ1v) is 7.37. The number of nitro groups is 3. The van der Waals surface area contributed by atoms with Crippen LogP contribution in [-0.4, -0.2) is 36.6 Å². The zero-order valence-electron chi connectivity index (χ0n) is 12.7. The predicted octanol–water partition coefficient (Wildman–Crippen LogP) is 2.10. The molecule has 2 aromatic rings. The van der Waals surface area contributed by atoms with Gasteiger partial charge < -0.3 is 10.2 Å². The summed E-state index contributed by atoms with van der Waals surface area (Å²) < 4.78 is 0. The van der Waals surface area contributed by atoms with Gasteiger partial charge in [0.05, 0.1) is 38.1 Å². The van der Waals surface area contributed by atoms with Gasteiger partial charge in [-0.25, -0.2) is 4.98 Å². The molecule has 0 saturated carbocycles. The Kier molecular flexibility index (Phi) is 6.83. The molecule has 25 heavy (non-hydrogen) atoms. The van der Waals surface area contributed by atoms with Crippen molar-refractivity contribution in [1.82, 2.24) is 4.98 Å². The number of thiazole rings is 1. The number of aromatic nitrogens is 1. The van der Waals surface area contributed by atoms with Crippen LogP contribution < -0.4 is 0 Å². The lowest BCUT2D eigenvalue weighted by atomic mass is 10.2. The van der Waals surface area contributed by atoms with E-state index in [9.17, 15) is 30.3 Å². The van der Waals surface area contributed by atoms with E-state index < -0.39 is 37.6 Å². The summed E-state index contributed by atoms with van der Waals surface area (Å²) >= 11 is 1.60. The van der Waals surface area contributed by atoms with Crippen LogP contribution in [0.5, 0.6) is 5.75 Å². The molecule has 2 rings (SSSR count). The second-order valence-electron chi connectivity index (χ2n) is 4.44. The van der Waals surface area contributed by atoms with Gasteiger partial charge in [0.15, 0.2) is 0 Å². The topological polar surface area (TPSA) is 183 Å². The predicted molar refractivity (Wildman–Crippen MR) is 85.7 cm³/mol. The van der Waals surface area contributed by atoms with Gasteiger partial charge in [-0.3, -0.25) is 30.3 Å². The van der Waals surface area contributed by atoms with Crippen LogP contribution in [0.1, 0.15) is 10.6 Å². The third-order valence-electron chi connectivity index (χ3n) is 2.84. The number of phenolic OH excluding ortho intramolecular Hbond substituents is 1. The second-order valence-corrected chi connectivity index (χ2v) is 5.38. The number of hydrogen-bond acceptors (Lipinski definition) is 10. The highest BCUT2D eigenvalue weighted by Gasteiger charge is 2.30. The first-order valence-electron chi connectivity index (χ1n) is 6.49. The summed E-state index contributed by atoms with van der Waals surface area (Å²) in [6.45, 7) is 2.19. The van der Waals surface area contributed by atoms with E-state index in [0.717, 1.165) is 12.1 Å². The number of phenols is 1. The monoisotopic (exact) mass is 375 g/mol. The molecule has 0 radical (unpaired) electrons. The van der Waals surface area contributed by atoms with Crippen LogP contribution in [0.15, 0.2) is 17.6 Å². The molecule has 2 N–H and O–H groups in total. The molecule has 0 aliphatic heterocycles. The molecule has 13 heteroatoms. The van der Waals surface area contributed by atoms with Crippen molar-refractivity contribution < 1.29 is 25.0 Å². The molecular weight excluding hydrogens is 363 g/mol. The van der Waals surface area contributed by atoms with Gasteiger partial charge in [-0.05, 0) is 6.92 Å². The van der Waals surface area contributed by atoms with E-state index >= 15 is 0 Å². The number of nitro benzene ring substituents is 3. The smallest absolute Gasteiger partial charge is 0.324 e. The number of rotatable bonds is 5. The third kappa shape index (κ3) is 5.15. The summed E-state index contributed by atoms with van der Waals surface area (Å²) in [4.78, 5) is 33.0. The van der Waals surface area contributed by atoms with Crippen LogP contribution in [0.25, 0.3) is 0 Å². The van der Waals surface area contributed by atoms with Crippen LogP contribution in [0.2, 0.25) is 0 Å². The Labute approximate surface area is 143 Å². The van der Waals surface area contributed by atoms with E-state index in [4.69, 9.17) is 10.2 Å². The van der Waals surface area contributed by atoms with Crippen LogP contribution in [-0.2, 0) is 6.42 Å². The van der Waals surface area contributed by atoms with Gasteiger partial charge in [-0.1, -0.05) is 0 Å². The van der Waals surface area contributed by atoms with E-state index in [1.807, 2.05) is 6.92 Å². The molecule has 0 amide bonds. The van der Waals surface area contributed by atoms with Gasteiger partial charge in [-0.15, -0.1) is 11.3 Å². The first kappa shape index (κ1) is 19.9. The number of non-ortho nitro benzene ring substituents is 1. The lowest BCUT2D eigenvalue weighted by molar-refractivity contribution is -0.404. The fraction of sp³-hybridized carbons (Fsp3) is 0.250. The average Bonchev–Trinajstić information content (AvgIpc) is 2.93. The number of benzene rings is 1. The molecule has 0 atom stereocenters. The minimum Gasteiger partial charge on any atom is -0.497 e. The maximum Gasteiger partial charge on any atom is 0.324 e. The number of aryl methyl sites for hydroxylation is 1. The Morgan fingerprint density at radius 2 is 1.60 bits per heavy atom. The summed E-state index contributed by atoms with van der Waals surface area (Å²) in [7, 11) is 0. The molecule has 0 spiro atoms. The van der Waals surface area contributed by atoms with Crippen molar-refractivity contribution in [1.29, 1.82) is 0 Å². The molecule has 0 saturated heterocycles. The van der Waals surface area contributed by atoms with Crippen LogP contribution >= 0.6 is 11.3 Å². The summed E-state index contributed by atoms with van der Waals surface area (Å²) in [6, 6.07) is 0.894. The molecule has 0 unspecified atom stereocenters. The van der Waals surface area contributed by atoms with Crippen molar-refractivity contribution in [2.45, 2.75) is 13.3 Å². The Morgan fingerprint density at radius 3 is 1.92 bits per heavy atom. The number of aliphatic hydroxyl groups excluding tert-OH is 1. The standard InChI is InChI=1S/C6H3N3O7.C6H9NOS/c10-6-4(8(13)14)1-3(7(11)12)2-5(6)9(15)16;1-5-6(2-3-8)9-4-7-5/h1-2,10H;4,8H,2-3H2,1H3/i;9+3. The van der Waals surface area contributed by atoms with Gasteiger partial charge in [0, 0.05) is 17.9 Å². The fourth-order valence-electron chi connectivity index (χ4n) is 1.64. The molecular formula is C12H12N4O8S. The summed E-state index contributed by atoms with van der Waals surface area (Å²) in [5.74, 6) is -1.21. The highest BCUT2D eigenvalue weighted by atomic mass is 35.0. The minimum absolute atomic E-state index is 0.225. The average molecular weight is 375 g/mol. The number of hydrogen-bond donors (Lipinski definition) is 2. The lowest BCUT2D eigenvalue weighted by Crippen LogP contribution is -1.97. The third-order valence-corrected chi connectivity index (χ3v) is 3.84. The van der Waals surface area contributed by atoms with Crippen LogP contribution in [0, 0.1) is 37.3 Å². The molecule has 0 aliphatic carbocycles. The largest absolute Gasteiger partial charge is 0.497 e. The second kappa shape index (κ2) is 8.60. The Hall–Kier alpha value is -3.19. The zero-order valence-corrected chi connectivity index (χ0v) is 13.5. The first-order chi connectivity index (χ1) is 11.7. The van der Waals surface area contributed by atoms with E-state index in [1.54, 1.807) is 16.8 Å². The van der Waals surface area contributed by atoms with Crippen molar-refractivity contribution in [2.24, 2.45) is 0 Å².